The van der Waals surface area contributed by atoms with Crippen LogP contribution in [0.5, 0.6) is 0 Å². The molecule has 3 aromatic rings. The smallest absolute Gasteiger partial charge is 0.240 e. The molecule has 0 fully saturated rings. The lowest BCUT2D eigenvalue weighted by Crippen LogP contribution is -2.37. The number of nitrogens with zero attached hydrogens (tertiary/aromatic N) is 4. The fraction of sp³-hybridized carbons (Fsp3) is 0.273. The van der Waals surface area contributed by atoms with E-state index in [4.69, 9.17) is 5.26 Å². The zero-order chi connectivity index (χ0) is 21.5. The van der Waals surface area contributed by atoms with Gasteiger partial charge in [0.25, 0.3) is 0 Å². The normalized spacial score (nSPS) is 11.5. The summed E-state index contributed by atoms with van der Waals surface area (Å²) < 4.78 is 0.718. The van der Waals surface area contributed by atoms with Gasteiger partial charge in [0.2, 0.25) is 11.0 Å². The van der Waals surface area contributed by atoms with Gasteiger partial charge in [0.15, 0.2) is 4.34 Å². The van der Waals surface area contributed by atoms with Crippen LogP contribution in [-0.4, -0.2) is 27.9 Å². The molecule has 1 N–H and O–H groups in total. The van der Waals surface area contributed by atoms with E-state index in [1.807, 2.05) is 69.3 Å². The zero-order valence-electron chi connectivity index (χ0n) is 17.1. The molecule has 1 atom stereocenters. The second-order valence-corrected chi connectivity index (χ2v) is 9.43. The van der Waals surface area contributed by atoms with E-state index in [0.29, 0.717) is 11.7 Å². The number of rotatable bonds is 8. The molecule has 6 nitrogen and oxygen atoms in total. The third-order valence-corrected chi connectivity index (χ3v) is 6.37. The molecule has 3 rings (SSSR count). The van der Waals surface area contributed by atoms with Crippen molar-refractivity contribution < 1.29 is 4.79 Å². The van der Waals surface area contributed by atoms with E-state index in [-0.39, 0.29) is 17.6 Å². The van der Waals surface area contributed by atoms with Gasteiger partial charge in [0.05, 0.1) is 17.7 Å². The van der Waals surface area contributed by atoms with E-state index in [1.54, 1.807) is 4.90 Å². The van der Waals surface area contributed by atoms with Gasteiger partial charge in [0.1, 0.15) is 0 Å². The number of nitrogens with one attached hydrogen (secondary N) is 1. The van der Waals surface area contributed by atoms with Crippen LogP contribution in [0.1, 0.15) is 24.5 Å². The van der Waals surface area contributed by atoms with E-state index >= 15 is 0 Å². The molecule has 1 heterocycles. The van der Waals surface area contributed by atoms with Crippen molar-refractivity contribution in [2.45, 2.75) is 36.8 Å². The molecule has 0 aliphatic rings. The van der Waals surface area contributed by atoms with Crippen LogP contribution >= 0.6 is 23.1 Å². The Kier molecular flexibility index (Phi) is 7.44. The molecule has 154 valence electrons. The number of carbonyl (C=O) groups is 1. The zero-order valence-corrected chi connectivity index (χ0v) is 18.8. The van der Waals surface area contributed by atoms with Crippen molar-refractivity contribution in [1.82, 2.24) is 10.2 Å². The lowest BCUT2D eigenvalue weighted by molar-refractivity contribution is -0.117. The standard InChI is InChI=1S/C22H23N5OS2/c1-15-8-10-19(11-9-15)27(13-5-12-23)20(28)17(3)29-22-26-25-21(30-22)24-18-7-4-6-16(2)14-18/h4,6-11,14,17H,5,13H2,1-3H3,(H,24,25). The molecule has 0 spiro atoms. The van der Waals surface area contributed by atoms with Gasteiger partial charge in [-0.15, -0.1) is 10.2 Å². The first-order chi connectivity index (χ1) is 14.5. The number of thioether (sulfide) groups is 1. The Hall–Kier alpha value is -2.89. The third-order valence-electron chi connectivity index (χ3n) is 4.36. The topological polar surface area (TPSA) is 81.9 Å². The fourth-order valence-electron chi connectivity index (χ4n) is 2.83. The number of benzene rings is 2. The Labute approximate surface area is 185 Å². The Morgan fingerprint density at radius 2 is 1.97 bits per heavy atom. The molecule has 0 radical (unpaired) electrons. The summed E-state index contributed by atoms with van der Waals surface area (Å²) in [4.78, 5) is 14.8. The molecular formula is C22H23N5OS2. The Balaban J connectivity index is 1.68. The summed E-state index contributed by atoms with van der Waals surface area (Å²) in [5.74, 6) is -0.0532. The Bertz CT molecular complexity index is 1040. The highest BCUT2D eigenvalue weighted by molar-refractivity contribution is 8.02. The molecule has 1 aromatic heterocycles. The summed E-state index contributed by atoms with van der Waals surface area (Å²) in [6, 6.07) is 17.9. The molecule has 1 unspecified atom stereocenters. The molecule has 0 aliphatic heterocycles. The maximum atomic E-state index is 13.1. The quantitative estimate of drug-likeness (QED) is 0.480. The first kappa shape index (κ1) is 21.8. The summed E-state index contributed by atoms with van der Waals surface area (Å²) in [6.45, 7) is 6.25. The number of hydrogen-bond acceptors (Lipinski definition) is 7. The van der Waals surface area contributed by atoms with Crippen LogP contribution in [0.2, 0.25) is 0 Å². The van der Waals surface area contributed by atoms with Gasteiger partial charge < -0.3 is 10.2 Å². The van der Waals surface area contributed by atoms with E-state index < -0.39 is 0 Å². The highest BCUT2D eigenvalue weighted by atomic mass is 32.2. The van der Waals surface area contributed by atoms with Crippen molar-refractivity contribution in [2.24, 2.45) is 0 Å². The molecular weight excluding hydrogens is 414 g/mol. The van der Waals surface area contributed by atoms with E-state index in [1.165, 1.54) is 23.1 Å². The predicted octanol–water partition coefficient (Wildman–Crippen LogP) is 5.33. The SMILES string of the molecule is Cc1ccc(N(CCC#N)C(=O)C(C)Sc2nnc(Nc3cccc(C)c3)s2)cc1. The molecule has 0 aliphatic carbocycles. The molecule has 8 heteroatoms. The van der Waals surface area contributed by atoms with Gasteiger partial charge in [-0.05, 0) is 50.6 Å². The van der Waals surface area contributed by atoms with E-state index in [2.05, 4.69) is 21.6 Å². The lowest BCUT2D eigenvalue weighted by Gasteiger charge is -2.24. The number of hydrogen-bond donors (Lipinski definition) is 1. The fourth-order valence-corrected chi connectivity index (χ4v) is 4.81. The van der Waals surface area contributed by atoms with Crippen molar-refractivity contribution in [1.29, 1.82) is 5.26 Å². The minimum Gasteiger partial charge on any atom is -0.330 e. The molecule has 2 aromatic carbocycles. The van der Waals surface area contributed by atoms with E-state index in [0.717, 1.165) is 26.8 Å². The lowest BCUT2D eigenvalue weighted by atomic mass is 10.2. The van der Waals surface area contributed by atoms with Crippen molar-refractivity contribution >= 4 is 45.5 Å². The van der Waals surface area contributed by atoms with Crippen LogP contribution in [0.3, 0.4) is 0 Å². The first-order valence-electron chi connectivity index (χ1n) is 9.55. The molecule has 0 saturated heterocycles. The summed E-state index contributed by atoms with van der Waals surface area (Å²) >= 11 is 2.79. The summed E-state index contributed by atoms with van der Waals surface area (Å²) in [5, 5.41) is 21.0. The number of aryl methyl sites for hydroxylation is 2. The summed E-state index contributed by atoms with van der Waals surface area (Å²) in [6.07, 6.45) is 0.278. The van der Waals surface area contributed by atoms with Gasteiger partial charge in [-0.1, -0.05) is 52.9 Å². The first-order valence-corrected chi connectivity index (χ1v) is 11.2. The number of carbonyl (C=O) groups excluding carboxylic acids is 1. The predicted molar refractivity (Wildman–Crippen MR) is 123 cm³/mol. The minimum atomic E-state index is -0.357. The Morgan fingerprint density at radius 1 is 1.20 bits per heavy atom. The Morgan fingerprint density at radius 3 is 2.67 bits per heavy atom. The van der Waals surface area contributed by atoms with Crippen LogP contribution in [0.4, 0.5) is 16.5 Å². The van der Waals surface area contributed by atoms with Crippen LogP contribution in [-0.2, 0) is 4.79 Å². The molecule has 0 saturated carbocycles. The highest BCUT2D eigenvalue weighted by Crippen LogP contribution is 2.32. The second kappa shape index (κ2) is 10.2. The third kappa shape index (κ3) is 5.81. The molecule has 0 bridgehead atoms. The van der Waals surface area contributed by atoms with Crippen LogP contribution in [0.15, 0.2) is 52.9 Å². The number of aromatic nitrogens is 2. The second-order valence-electron chi connectivity index (χ2n) is 6.86. The number of nitriles is 1. The maximum absolute atomic E-state index is 13.1. The van der Waals surface area contributed by atoms with Crippen LogP contribution < -0.4 is 10.2 Å². The van der Waals surface area contributed by atoms with E-state index in [9.17, 15) is 4.79 Å². The van der Waals surface area contributed by atoms with Gasteiger partial charge in [-0.25, -0.2) is 0 Å². The average Bonchev–Trinajstić information content (AvgIpc) is 3.16. The highest BCUT2D eigenvalue weighted by Gasteiger charge is 2.24. The average molecular weight is 438 g/mol. The van der Waals surface area contributed by atoms with Gasteiger partial charge in [0, 0.05) is 17.9 Å². The van der Waals surface area contributed by atoms with Crippen molar-refractivity contribution in [3.05, 3.63) is 59.7 Å². The van der Waals surface area contributed by atoms with Gasteiger partial charge in [-0.2, -0.15) is 5.26 Å². The van der Waals surface area contributed by atoms with Gasteiger partial charge in [-0.3, -0.25) is 4.79 Å². The van der Waals surface area contributed by atoms with Crippen molar-refractivity contribution in [3.63, 3.8) is 0 Å². The largest absolute Gasteiger partial charge is 0.330 e. The van der Waals surface area contributed by atoms with Crippen LogP contribution in [0.25, 0.3) is 0 Å². The van der Waals surface area contributed by atoms with Crippen molar-refractivity contribution in [2.75, 3.05) is 16.8 Å². The van der Waals surface area contributed by atoms with Crippen molar-refractivity contribution in [3.8, 4) is 6.07 Å². The molecule has 30 heavy (non-hydrogen) atoms. The minimum absolute atomic E-state index is 0.0532. The van der Waals surface area contributed by atoms with Crippen LogP contribution in [0, 0.1) is 25.2 Å². The number of anilines is 3. The van der Waals surface area contributed by atoms with Gasteiger partial charge >= 0.3 is 0 Å². The summed E-state index contributed by atoms with van der Waals surface area (Å²) in [5.41, 5.74) is 4.03. The monoisotopic (exact) mass is 437 g/mol. The summed E-state index contributed by atoms with van der Waals surface area (Å²) in [7, 11) is 0. The maximum Gasteiger partial charge on any atom is 0.240 e. The number of amides is 1. The molecule has 1 amide bonds.